The van der Waals surface area contributed by atoms with Gasteiger partial charge in [-0.05, 0) is 24.1 Å². The number of carbonyl (C=O) groups excluding carboxylic acids is 2. The molecule has 4 rings (SSSR count). The molecule has 0 saturated heterocycles. The number of aliphatic hydroxyl groups excluding tert-OH is 1. The number of nitrogens with one attached hydrogen (secondary N) is 2. The molecule has 28 heavy (non-hydrogen) atoms. The van der Waals surface area contributed by atoms with Crippen LogP contribution in [0.25, 0.3) is 0 Å². The number of hydrogen-bond donors (Lipinski definition) is 3. The van der Waals surface area contributed by atoms with Gasteiger partial charge in [0.2, 0.25) is 0 Å². The molecule has 0 radical (unpaired) electrons. The summed E-state index contributed by atoms with van der Waals surface area (Å²) in [5, 5.41) is 13.3. The third kappa shape index (κ3) is 3.88. The van der Waals surface area contributed by atoms with Crippen LogP contribution in [0.15, 0.2) is 59.8 Å². The van der Waals surface area contributed by atoms with Crippen LogP contribution in [0.3, 0.4) is 0 Å². The van der Waals surface area contributed by atoms with Gasteiger partial charge in [-0.25, -0.2) is 4.79 Å². The average Bonchev–Trinajstić information content (AvgIpc) is 3.00. The second kappa shape index (κ2) is 8.46. The molecule has 3 amide bonds. The molecule has 6 nitrogen and oxygen atoms in total. The first kappa shape index (κ1) is 19.9. The number of hydrogen-bond acceptors (Lipinski definition) is 3. The third-order valence-electron chi connectivity index (χ3n) is 4.75. The van der Waals surface area contributed by atoms with E-state index in [2.05, 4.69) is 10.6 Å². The van der Waals surface area contributed by atoms with Crippen molar-refractivity contribution in [2.75, 3.05) is 13.7 Å². The first-order valence-corrected chi connectivity index (χ1v) is 9.25. The number of aryl methyl sites for hydroxylation is 1. The van der Waals surface area contributed by atoms with E-state index in [0.29, 0.717) is 29.4 Å². The lowest BCUT2D eigenvalue weighted by molar-refractivity contribution is -0.126. The fourth-order valence-electron chi connectivity index (χ4n) is 3.40. The zero-order chi connectivity index (χ0) is 20.3. The van der Waals surface area contributed by atoms with Gasteiger partial charge in [0.25, 0.3) is 5.91 Å². The number of urea groups is 1. The van der Waals surface area contributed by atoms with Gasteiger partial charge in [0.05, 0.1) is 23.9 Å². The van der Waals surface area contributed by atoms with Crippen molar-refractivity contribution in [2.45, 2.75) is 19.5 Å². The van der Waals surface area contributed by atoms with Gasteiger partial charge in [0.15, 0.2) is 0 Å². The Labute approximate surface area is 168 Å². The normalized spacial score (nSPS) is 18.1. The Morgan fingerprint density at radius 1 is 1.11 bits per heavy atom. The summed E-state index contributed by atoms with van der Waals surface area (Å²) in [5.74, 6) is -0.0852. The lowest BCUT2D eigenvalue weighted by Crippen LogP contribution is -2.44. The van der Waals surface area contributed by atoms with E-state index in [-0.39, 0.29) is 11.9 Å². The van der Waals surface area contributed by atoms with E-state index in [1.165, 1.54) is 0 Å². The topological polar surface area (TPSA) is 81.7 Å². The zero-order valence-corrected chi connectivity index (χ0v) is 16.5. The second-order valence-electron chi connectivity index (χ2n) is 6.59. The Bertz CT molecular complexity index is 925. The van der Waals surface area contributed by atoms with E-state index in [0.717, 1.165) is 23.8 Å². The highest BCUT2D eigenvalue weighted by Gasteiger charge is 2.40. The largest absolute Gasteiger partial charge is 0.400 e. The molecular formula is C21H22ClN3O3. The molecule has 0 aromatic heterocycles. The molecule has 0 bridgehead atoms. The Morgan fingerprint density at radius 2 is 1.79 bits per heavy atom. The maximum atomic E-state index is 13.0. The molecule has 0 aliphatic carbocycles. The van der Waals surface area contributed by atoms with Gasteiger partial charge in [-0.3, -0.25) is 4.79 Å². The van der Waals surface area contributed by atoms with Crippen molar-refractivity contribution in [1.82, 2.24) is 15.5 Å². The number of rotatable bonds is 3. The molecule has 0 fully saturated rings. The maximum absolute atomic E-state index is 13.0. The molecule has 2 aromatic rings. The molecule has 2 aromatic carbocycles. The molecule has 1 atom stereocenters. The molecular weight excluding hydrogens is 378 g/mol. The van der Waals surface area contributed by atoms with E-state index >= 15 is 0 Å². The first-order valence-electron chi connectivity index (χ1n) is 8.87. The molecule has 2 aliphatic rings. The molecule has 2 aliphatic heterocycles. The number of amides is 3. The molecule has 0 spiro atoms. The number of nitrogens with zero attached hydrogens (tertiary/aromatic N) is 1. The van der Waals surface area contributed by atoms with E-state index in [4.69, 9.17) is 16.7 Å². The highest BCUT2D eigenvalue weighted by molar-refractivity contribution is 6.31. The van der Waals surface area contributed by atoms with Crippen LogP contribution in [0.5, 0.6) is 0 Å². The summed E-state index contributed by atoms with van der Waals surface area (Å²) in [6.45, 7) is 2.78. The summed E-state index contributed by atoms with van der Waals surface area (Å²) in [7, 11) is 1.00. The van der Waals surface area contributed by atoms with Crippen LogP contribution >= 0.6 is 11.6 Å². The maximum Gasteiger partial charge on any atom is 0.319 e. The molecule has 0 saturated carbocycles. The van der Waals surface area contributed by atoms with Crippen LogP contribution in [0.4, 0.5) is 4.79 Å². The van der Waals surface area contributed by atoms with Crippen LogP contribution < -0.4 is 10.6 Å². The quantitative estimate of drug-likeness (QED) is 0.742. The van der Waals surface area contributed by atoms with Crippen molar-refractivity contribution in [3.63, 3.8) is 0 Å². The van der Waals surface area contributed by atoms with Crippen LogP contribution in [0.1, 0.15) is 22.7 Å². The predicted molar refractivity (Wildman–Crippen MR) is 108 cm³/mol. The Balaban J connectivity index is 0.00000109. The highest BCUT2D eigenvalue weighted by Crippen LogP contribution is 2.33. The molecule has 3 N–H and O–H groups in total. The van der Waals surface area contributed by atoms with Gasteiger partial charge in [-0.2, -0.15) is 0 Å². The van der Waals surface area contributed by atoms with Crippen molar-refractivity contribution in [3.8, 4) is 0 Å². The Morgan fingerprint density at radius 3 is 2.46 bits per heavy atom. The van der Waals surface area contributed by atoms with Crippen molar-refractivity contribution in [2.24, 2.45) is 0 Å². The van der Waals surface area contributed by atoms with Gasteiger partial charge < -0.3 is 20.6 Å². The van der Waals surface area contributed by atoms with Gasteiger partial charge >= 0.3 is 6.03 Å². The number of aliphatic hydroxyl groups is 1. The summed E-state index contributed by atoms with van der Waals surface area (Å²) in [6.07, 6.45) is 0. The fourth-order valence-corrected chi connectivity index (χ4v) is 3.59. The fraction of sp³-hybridized carbons (Fsp3) is 0.238. The molecule has 1 unspecified atom stereocenters. The van der Waals surface area contributed by atoms with Crippen LogP contribution in [0.2, 0.25) is 5.02 Å². The minimum atomic E-state index is -0.442. The van der Waals surface area contributed by atoms with Crippen molar-refractivity contribution in [3.05, 3.63) is 81.5 Å². The van der Waals surface area contributed by atoms with Crippen LogP contribution in [-0.2, 0) is 11.3 Å². The average molecular weight is 400 g/mol. The van der Waals surface area contributed by atoms with Crippen molar-refractivity contribution < 1.29 is 14.7 Å². The summed E-state index contributed by atoms with van der Waals surface area (Å²) in [6, 6.07) is 14.6. The molecule has 146 valence electrons. The Hall–Kier alpha value is -2.83. The second-order valence-corrected chi connectivity index (χ2v) is 6.99. The van der Waals surface area contributed by atoms with Crippen LogP contribution in [-0.4, -0.2) is 35.6 Å². The summed E-state index contributed by atoms with van der Waals surface area (Å²) >= 11 is 6.23. The van der Waals surface area contributed by atoms with Crippen LogP contribution in [0, 0.1) is 6.92 Å². The van der Waals surface area contributed by atoms with Gasteiger partial charge in [-0.15, -0.1) is 0 Å². The van der Waals surface area contributed by atoms with Crippen molar-refractivity contribution >= 4 is 23.5 Å². The summed E-state index contributed by atoms with van der Waals surface area (Å²) < 4.78 is 0. The predicted octanol–water partition coefficient (Wildman–Crippen LogP) is 2.91. The minimum Gasteiger partial charge on any atom is -0.400 e. The number of carbonyl (C=O) groups is 2. The highest BCUT2D eigenvalue weighted by atomic mass is 35.5. The molecule has 2 heterocycles. The minimum absolute atomic E-state index is 0.0852. The SMILES string of the molecule is CO.Cc1ccc(C2NC(=O)NC3=C2C(=O)N(Cc2ccccc2Cl)C3)cc1. The third-order valence-corrected chi connectivity index (χ3v) is 5.12. The lowest BCUT2D eigenvalue weighted by Gasteiger charge is -2.25. The zero-order valence-electron chi connectivity index (χ0n) is 15.7. The standard InChI is InChI=1S/C20H18ClN3O2.CH4O/c1-12-6-8-13(9-7-12)18-17-16(22-20(26)23-18)11-24(19(17)25)10-14-4-2-3-5-15(14)21;1-2/h2-9,18H,10-11H2,1H3,(H2,22,23,26);2H,1H3. The summed E-state index contributed by atoms with van der Waals surface area (Å²) in [4.78, 5) is 26.8. The van der Waals surface area contributed by atoms with Gasteiger partial charge in [-0.1, -0.05) is 59.6 Å². The number of benzene rings is 2. The van der Waals surface area contributed by atoms with E-state index in [9.17, 15) is 9.59 Å². The van der Waals surface area contributed by atoms with Gasteiger partial charge in [0.1, 0.15) is 0 Å². The van der Waals surface area contributed by atoms with E-state index in [1.807, 2.05) is 55.5 Å². The van der Waals surface area contributed by atoms with E-state index in [1.54, 1.807) is 4.90 Å². The lowest BCUT2D eigenvalue weighted by atomic mass is 9.95. The first-order chi connectivity index (χ1) is 13.5. The summed E-state index contributed by atoms with van der Waals surface area (Å²) in [5.41, 5.74) is 4.16. The smallest absolute Gasteiger partial charge is 0.319 e. The molecule has 7 heteroatoms. The van der Waals surface area contributed by atoms with Gasteiger partial charge in [0, 0.05) is 18.7 Å². The monoisotopic (exact) mass is 399 g/mol. The van der Waals surface area contributed by atoms with Crippen molar-refractivity contribution in [1.29, 1.82) is 0 Å². The number of halogens is 1. The van der Waals surface area contributed by atoms with E-state index < -0.39 is 6.04 Å². The Kier molecular flexibility index (Phi) is 6.02.